The second-order valence-electron chi connectivity index (χ2n) is 4.14. The molecule has 92 valence electrons. The summed E-state index contributed by atoms with van der Waals surface area (Å²) in [6.07, 6.45) is 2.45. The lowest BCUT2D eigenvalue weighted by Gasteiger charge is -2.24. The van der Waals surface area contributed by atoms with Gasteiger partial charge < -0.3 is 10.4 Å². The van der Waals surface area contributed by atoms with E-state index in [0.29, 0.717) is 19.3 Å². The van der Waals surface area contributed by atoms with Gasteiger partial charge in [0.1, 0.15) is 5.41 Å². The van der Waals surface area contributed by atoms with Crippen LogP contribution in [0.5, 0.6) is 0 Å². The molecule has 2 N–H and O–H groups in total. The minimum absolute atomic E-state index is 0.00507. The lowest BCUT2D eigenvalue weighted by atomic mass is 9.83. The molecule has 0 aromatic rings. The molecule has 0 rings (SSSR count). The molecule has 0 aliphatic rings. The molecule has 4 heteroatoms. The molecule has 0 aromatic heterocycles. The largest absolute Gasteiger partial charge is 0.396 e. The molecular weight excluding hydrogens is 204 g/mol. The van der Waals surface area contributed by atoms with E-state index in [2.05, 4.69) is 11.4 Å². The van der Waals surface area contributed by atoms with Gasteiger partial charge in [-0.3, -0.25) is 4.79 Å². The maximum absolute atomic E-state index is 11.9. The second kappa shape index (κ2) is 7.24. The lowest BCUT2D eigenvalue weighted by Crippen LogP contribution is -2.43. The summed E-state index contributed by atoms with van der Waals surface area (Å²) in [5.74, 6) is -0.189. The highest BCUT2D eigenvalue weighted by Gasteiger charge is 2.35. The Labute approximate surface area is 97.7 Å². The molecule has 0 spiro atoms. The third kappa shape index (κ3) is 3.82. The fourth-order valence-corrected chi connectivity index (χ4v) is 1.61. The van der Waals surface area contributed by atoms with Gasteiger partial charge in [0.15, 0.2) is 0 Å². The van der Waals surface area contributed by atoms with E-state index in [-0.39, 0.29) is 18.6 Å². The molecule has 1 unspecified atom stereocenters. The van der Waals surface area contributed by atoms with E-state index >= 15 is 0 Å². The molecule has 0 heterocycles. The summed E-state index contributed by atoms with van der Waals surface area (Å²) in [5, 5.41) is 20.6. The van der Waals surface area contributed by atoms with E-state index in [1.807, 2.05) is 20.8 Å². The maximum Gasteiger partial charge on any atom is 0.240 e. The van der Waals surface area contributed by atoms with Crippen molar-refractivity contribution in [3.63, 3.8) is 0 Å². The van der Waals surface area contributed by atoms with Crippen LogP contribution in [0.4, 0.5) is 0 Å². The normalized spacial score (nSPS) is 12.9. The summed E-state index contributed by atoms with van der Waals surface area (Å²) in [6.45, 7) is 5.72. The molecule has 1 amide bonds. The van der Waals surface area contributed by atoms with Gasteiger partial charge in [-0.25, -0.2) is 0 Å². The highest BCUT2D eigenvalue weighted by atomic mass is 16.2. The van der Waals surface area contributed by atoms with E-state index in [1.54, 1.807) is 0 Å². The van der Waals surface area contributed by atoms with Gasteiger partial charge in [-0.05, 0) is 32.6 Å². The average Bonchev–Trinajstić information content (AvgIpc) is 2.29. The zero-order chi connectivity index (χ0) is 12.6. The Hall–Kier alpha value is -1.08. The number of hydrogen-bond acceptors (Lipinski definition) is 3. The van der Waals surface area contributed by atoms with Gasteiger partial charge in [0, 0.05) is 12.6 Å². The third-order valence-corrected chi connectivity index (χ3v) is 3.03. The topological polar surface area (TPSA) is 73.1 Å². The minimum atomic E-state index is -0.895. The van der Waals surface area contributed by atoms with Crippen molar-refractivity contribution >= 4 is 5.91 Å². The third-order valence-electron chi connectivity index (χ3n) is 3.03. The van der Waals surface area contributed by atoms with Crippen LogP contribution in [-0.4, -0.2) is 23.7 Å². The molecule has 0 aliphatic heterocycles. The summed E-state index contributed by atoms with van der Waals surface area (Å²) in [5.41, 5.74) is -0.895. The van der Waals surface area contributed by atoms with Crippen LogP contribution in [0.2, 0.25) is 0 Å². The molecule has 4 nitrogen and oxygen atoms in total. The van der Waals surface area contributed by atoms with Crippen molar-refractivity contribution < 1.29 is 9.90 Å². The van der Waals surface area contributed by atoms with E-state index in [0.717, 1.165) is 6.42 Å². The zero-order valence-corrected chi connectivity index (χ0v) is 10.4. The molecule has 0 aliphatic carbocycles. The van der Waals surface area contributed by atoms with Crippen LogP contribution in [0.15, 0.2) is 0 Å². The van der Waals surface area contributed by atoms with Crippen LogP contribution < -0.4 is 5.32 Å². The number of nitriles is 1. The smallest absolute Gasteiger partial charge is 0.240 e. The molecule has 1 atom stereocenters. The van der Waals surface area contributed by atoms with Gasteiger partial charge in [0.25, 0.3) is 0 Å². The number of aliphatic hydroxyl groups is 1. The van der Waals surface area contributed by atoms with Crippen molar-refractivity contribution in [3.8, 4) is 6.07 Å². The first-order chi connectivity index (χ1) is 7.56. The number of carbonyl (C=O) groups excluding carboxylic acids is 1. The highest BCUT2D eigenvalue weighted by Crippen LogP contribution is 2.25. The van der Waals surface area contributed by atoms with Crippen LogP contribution in [0.3, 0.4) is 0 Å². The van der Waals surface area contributed by atoms with E-state index in [1.165, 1.54) is 0 Å². The van der Waals surface area contributed by atoms with E-state index in [4.69, 9.17) is 10.4 Å². The Balaban J connectivity index is 4.38. The number of rotatable bonds is 7. The van der Waals surface area contributed by atoms with Gasteiger partial charge in [-0.2, -0.15) is 5.26 Å². The summed E-state index contributed by atoms with van der Waals surface area (Å²) >= 11 is 0. The van der Waals surface area contributed by atoms with Crippen molar-refractivity contribution in [2.75, 3.05) is 6.61 Å². The molecular formula is C12H22N2O2. The van der Waals surface area contributed by atoms with Gasteiger partial charge in [0.2, 0.25) is 5.91 Å². The SMILES string of the molecule is CCC(C#N)(CC)C(=O)NC(C)CCCO. The Morgan fingerprint density at radius 3 is 2.44 bits per heavy atom. The highest BCUT2D eigenvalue weighted by molar-refractivity contribution is 5.85. The molecule has 0 saturated carbocycles. The molecule has 0 fully saturated rings. The van der Waals surface area contributed by atoms with Gasteiger partial charge in [0.05, 0.1) is 6.07 Å². The van der Waals surface area contributed by atoms with Crippen LogP contribution >= 0.6 is 0 Å². The zero-order valence-electron chi connectivity index (χ0n) is 10.4. The minimum Gasteiger partial charge on any atom is -0.396 e. The maximum atomic E-state index is 11.9. The Morgan fingerprint density at radius 2 is 2.06 bits per heavy atom. The van der Waals surface area contributed by atoms with Crippen molar-refractivity contribution in [2.45, 2.75) is 52.5 Å². The molecule has 0 saturated heterocycles. The van der Waals surface area contributed by atoms with Crippen molar-refractivity contribution in [1.29, 1.82) is 5.26 Å². The first-order valence-corrected chi connectivity index (χ1v) is 5.89. The predicted octanol–water partition coefficient (Wildman–Crippen LogP) is 1.59. The summed E-state index contributed by atoms with van der Waals surface area (Å²) in [7, 11) is 0. The Morgan fingerprint density at radius 1 is 1.50 bits per heavy atom. The van der Waals surface area contributed by atoms with Crippen molar-refractivity contribution in [2.24, 2.45) is 5.41 Å². The molecule has 0 aromatic carbocycles. The monoisotopic (exact) mass is 226 g/mol. The summed E-state index contributed by atoms with van der Waals surface area (Å²) in [4.78, 5) is 11.9. The fourth-order valence-electron chi connectivity index (χ4n) is 1.61. The Bertz CT molecular complexity index is 254. The second-order valence-corrected chi connectivity index (χ2v) is 4.14. The van der Waals surface area contributed by atoms with Crippen LogP contribution in [0.25, 0.3) is 0 Å². The number of aliphatic hydroxyl groups excluding tert-OH is 1. The van der Waals surface area contributed by atoms with Gasteiger partial charge in [-0.15, -0.1) is 0 Å². The summed E-state index contributed by atoms with van der Waals surface area (Å²) in [6, 6.07) is 2.12. The number of nitrogens with one attached hydrogen (secondary N) is 1. The van der Waals surface area contributed by atoms with Crippen molar-refractivity contribution in [3.05, 3.63) is 0 Å². The average molecular weight is 226 g/mol. The number of amides is 1. The number of nitrogens with zero attached hydrogens (tertiary/aromatic N) is 1. The first kappa shape index (κ1) is 14.9. The number of carbonyl (C=O) groups is 1. The predicted molar refractivity (Wildman–Crippen MR) is 62.6 cm³/mol. The van der Waals surface area contributed by atoms with Crippen LogP contribution in [0, 0.1) is 16.7 Å². The fraction of sp³-hybridized carbons (Fsp3) is 0.833. The van der Waals surface area contributed by atoms with Crippen molar-refractivity contribution in [1.82, 2.24) is 5.32 Å². The van der Waals surface area contributed by atoms with Crippen LogP contribution in [0.1, 0.15) is 46.5 Å². The van der Waals surface area contributed by atoms with Crippen LogP contribution in [-0.2, 0) is 4.79 Å². The number of hydrogen-bond donors (Lipinski definition) is 2. The molecule has 16 heavy (non-hydrogen) atoms. The standard InChI is InChI=1S/C12H22N2O2/c1-4-12(5-2,9-13)11(16)14-10(3)7-6-8-15/h10,15H,4-8H2,1-3H3,(H,14,16). The molecule has 0 bridgehead atoms. The quantitative estimate of drug-likeness (QED) is 0.692. The van der Waals surface area contributed by atoms with Gasteiger partial charge in [-0.1, -0.05) is 13.8 Å². The van der Waals surface area contributed by atoms with E-state index in [9.17, 15) is 4.79 Å². The summed E-state index contributed by atoms with van der Waals surface area (Å²) < 4.78 is 0. The lowest BCUT2D eigenvalue weighted by molar-refractivity contribution is -0.129. The van der Waals surface area contributed by atoms with Gasteiger partial charge >= 0.3 is 0 Å². The first-order valence-electron chi connectivity index (χ1n) is 5.89. The Kier molecular flexibility index (Phi) is 6.75. The molecule has 0 radical (unpaired) electrons. The van der Waals surface area contributed by atoms with E-state index < -0.39 is 5.41 Å².